The SMILES string of the molecule is CNCc1coc(Cn2nc(C)c(C)c2C)c1. The Morgan fingerprint density at radius 3 is 2.71 bits per heavy atom. The number of aromatic nitrogens is 2. The number of nitrogens with one attached hydrogen (secondary N) is 1. The molecular weight excluding hydrogens is 214 g/mol. The lowest BCUT2D eigenvalue weighted by Crippen LogP contribution is -2.04. The van der Waals surface area contributed by atoms with E-state index in [2.05, 4.69) is 30.3 Å². The van der Waals surface area contributed by atoms with Crippen LogP contribution in [-0.2, 0) is 13.1 Å². The molecule has 0 fully saturated rings. The smallest absolute Gasteiger partial charge is 0.125 e. The van der Waals surface area contributed by atoms with E-state index >= 15 is 0 Å². The molecule has 1 N–H and O–H groups in total. The zero-order valence-electron chi connectivity index (χ0n) is 10.9. The molecule has 0 spiro atoms. The fraction of sp³-hybridized carbons (Fsp3) is 0.462. The topological polar surface area (TPSA) is 43.0 Å². The van der Waals surface area contributed by atoms with E-state index in [0.29, 0.717) is 6.54 Å². The Morgan fingerprint density at radius 2 is 2.12 bits per heavy atom. The van der Waals surface area contributed by atoms with Crippen molar-refractivity contribution in [2.24, 2.45) is 0 Å². The van der Waals surface area contributed by atoms with Gasteiger partial charge in [0.25, 0.3) is 0 Å². The van der Waals surface area contributed by atoms with Crippen LogP contribution in [0, 0.1) is 20.8 Å². The quantitative estimate of drug-likeness (QED) is 0.880. The minimum Gasteiger partial charge on any atom is -0.467 e. The first-order valence-corrected chi connectivity index (χ1v) is 5.83. The van der Waals surface area contributed by atoms with Gasteiger partial charge < -0.3 is 9.73 Å². The molecule has 0 saturated heterocycles. The normalized spacial score (nSPS) is 11.1. The molecule has 4 nitrogen and oxygen atoms in total. The molecule has 0 unspecified atom stereocenters. The van der Waals surface area contributed by atoms with E-state index in [4.69, 9.17) is 4.42 Å². The molecule has 4 heteroatoms. The maximum absolute atomic E-state index is 5.52. The maximum atomic E-state index is 5.52. The van der Waals surface area contributed by atoms with Crippen molar-refractivity contribution in [3.05, 3.63) is 40.6 Å². The van der Waals surface area contributed by atoms with Crippen molar-refractivity contribution in [1.29, 1.82) is 0 Å². The van der Waals surface area contributed by atoms with Gasteiger partial charge in [0.05, 0.1) is 18.5 Å². The standard InChI is InChI=1S/C13H19N3O/c1-9-10(2)15-16(11(9)3)7-13-5-12(6-14-4)8-17-13/h5,8,14H,6-7H2,1-4H3. The first-order valence-electron chi connectivity index (χ1n) is 5.83. The minimum atomic E-state index is 0.699. The summed E-state index contributed by atoms with van der Waals surface area (Å²) in [7, 11) is 1.93. The van der Waals surface area contributed by atoms with Crippen LogP contribution in [0.3, 0.4) is 0 Å². The summed E-state index contributed by atoms with van der Waals surface area (Å²) in [4.78, 5) is 0. The second kappa shape index (κ2) is 4.75. The lowest BCUT2D eigenvalue weighted by atomic mass is 10.2. The number of rotatable bonds is 4. The average Bonchev–Trinajstić information content (AvgIpc) is 2.82. The Kier molecular flexibility index (Phi) is 3.33. The van der Waals surface area contributed by atoms with Crippen LogP contribution in [0.5, 0.6) is 0 Å². The number of nitrogens with zero attached hydrogens (tertiary/aromatic N) is 2. The van der Waals surface area contributed by atoms with Crippen molar-refractivity contribution in [3.8, 4) is 0 Å². The molecule has 0 amide bonds. The highest BCUT2D eigenvalue weighted by Gasteiger charge is 2.09. The van der Waals surface area contributed by atoms with Crippen molar-refractivity contribution >= 4 is 0 Å². The molecule has 92 valence electrons. The molecule has 0 aromatic carbocycles. The van der Waals surface area contributed by atoms with Gasteiger partial charge in [-0.15, -0.1) is 0 Å². The first-order chi connectivity index (χ1) is 8.11. The van der Waals surface area contributed by atoms with Gasteiger partial charge in [0.1, 0.15) is 5.76 Å². The minimum absolute atomic E-state index is 0.699. The van der Waals surface area contributed by atoms with Crippen LogP contribution in [0.4, 0.5) is 0 Å². The second-order valence-corrected chi connectivity index (χ2v) is 4.41. The van der Waals surface area contributed by atoms with Crippen molar-refractivity contribution in [1.82, 2.24) is 15.1 Å². The Bertz CT molecular complexity index is 511. The van der Waals surface area contributed by atoms with Gasteiger partial charge in [-0.25, -0.2) is 0 Å². The molecule has 2 aromatic heterocycles. The maximum Gasteiger partial charge on any atom is 0.125 e. The summed E-state index contributed by atoms with van der Waals surface area (Å²) in [6.45, 7) is 7.76. The van der Waals surface area contributed by atoms with Gasteiger partial charge in [0.15, 0.2) is 0 Å². The molecule has 2 rings (SSSR count). The number of furan rings is 1. The Labute approximate surface area is 102 Å². The van der Waals surface area contributed by atoms with Gasteiger partial charge in [-0.05, 0) is 39.4 Å². The first kappa shape index (κ1) is 11.9. The summed E-state index contributed by atoms with van der Waals surface area (Å²) in [6, 6.07) is 2.07. The number of aryl methyl sites for hydroxylation is 1. The third kappa shape index (κ3) is 2.42. The predicted octanol–water partition coefficient (Wildman–Crippen LogP) is 2.17. The third-order valence-corrected chi connectivity index (χ3v) is 3.14. The highest BCUT2D eigenvalue weighted by atomic mass is 16.3. The molecule has 2 aromatic rings. The summed E-state index contributed by atoms with van der Waals surface area (Å²) < 4.78 is 7.52. The van der Waals surface area contributed by atoms with Crippen molar-refractivity contribution in [2.45, 2.75) is 33.9 Å². The van der Waals surface area contributed by atoms with Crippen molar-refractivity contribution in [3.63, 3.8) is 0 Å². The zero-order valence-corrected chi connectivity index (χ0v) is 10.9. The summed E-state index contributed by atoms with van der Waals surface area (Å²) in [5.74, 6) is 0.945. The van der Waals surface area contributed by atoms with Gasteiger partial charge in [0, 0.05) is 17.8 Å². The lowest BCUT2D eigenvalue weighted by Gasteiger charge is -2.01. The van der Waals surface area contributed by atoms with Crippen LogP contribution in [0.15, 0.2) is 16.7 Å². The lowest BCUT2D eigenvalue weighted by molar-refractivity contribution is 0.474. The molecule has 0 atom stereocenters. The zero-order chi connectivity index (χ0) is 12.4. The molecule has 0 aliphatic rings. The van der Waals surface area contributed by atoms with E-state index in [-0.39, 0.29) is 0 Å². The fourth-order valence-electron chi connectivity index (χ4n) is 1.89. The van der Waals surface area contributed by atoms with E-state index in [1.165, 1.54) is 16.8 Å². The third-order valence-electron chi connectivity index (χ3n) is 3.14. The van der Waals surface area contributed by atoms with Crippen LogP contribution < -0.4 is 5.32 Å². The molecule has 0 saturated carbocycles. The van der Waals surface area contributed by atoms with Gasteiger partial charge in [-0.1, -0.05) is 0 Å². The van der Waals surface area contributed by atoms with Crippen molar-refractivity contribution < 1.29 is 4.42 Å². The Balaban J connectivity index is 2.16. The van der Waals surface area contributed by atoms with E-state index in [0.717, 1.165) is 18.0 Å². The molecule has 0 aliphatic heterocycles. The monoisotopic (exact) mass is 233 g/mol. The molecule has 0 aliphatic carbocycles. The van der Waals surface area contributed by atoms with Crippen LogP contribution in [-0.4, -0.2) is 16.8 Å². The number of hydrogen-bond acceptors (Lipinski definition) is 3. The van der Waals surface area contributed by atoms with E-state index in [9.17, 15) is 0 Å². The van der Waals surface area contributed by atoms with E-state index in [1.807, 2.05) is 18.7 Å². The largest absolute Gasteiger partial charge is 0.467 e. The average molecular weight is 233 g/mol. The molecular formula is C13H19N3O. The van der Waals surface area contributed by atoms with Crippen molar-refractivity contribution in [2.75, 3.05) is 7.05 Å². The molecule has 2 heterocycles. The van der Waals surface area contributed by atoms with E-state index < -0.39 is 0 Å². The summed E-state index contributed by atoms with van der Waals surface area (Å²) in [5.41, 5.74) is 4.71. The summed E-state index contributed by atoms with van der Waals surface area (Å²) >= 11 is 0. The van der Waals surface area contributed by atoms with Crippen LogP contribution in [0.25, 0.3) is 0 Å². The fourth-order valence-corrected chi connectivity index (χ4v) is 1.89. The van der Waals surface area contributed by atoms with Crippen LogP contribution in [0.2, 0.25) is 0 Å². The summed E-state index contributed by atoms with van der Waals surface area (Å²) in [5, 5.41) is 7.60. The Morgan fingerprint density at radius 1 is 1.35 bits per heavy atom. The second-order valence-electron chi connectivity index (χ2n) is 4.41. The van der Waals surface area contributed by atoms with Gasteiger partial charge in [0.2, 0.25) is 0 Å². The van der Waals surface area contributed by atoms with Crippen LogP contribution in [0.1, 0.15) is 28.3 Å². The van der Waals surface area contributed by atoms with E-state index in [1.54, 1.807) is 6.26 Å². The Hall–Kier alpha value is -1.55. The molecule has 0 radical (unpaired) electrons. The van der Waals surface area contributed by atoms with Gasteiger partial charge in [-0.3, -0.25) is 4.68 Å². The predicted molar refractivity (Wildman–Crippen MR) is 67.0 cm³/mol. The highest BCUT2D eigenvalue weighted by Crippen LogP contribution is 2.14. The molecule has 17 heavy (non-hydrogen) atoms. The number of hydrogen-bond donors (Lipinski definition) is 1. The molecule has 0 bridgehead atoms. The van der Waals surface area contributed by atoms with Gasteiger partial charge in [-0.2, -0.15) is 5.10 Å². The van der Waals surface area contributed by atoms with Gasteiger partial charge >= 0.3 is 0 Å². The van der Waals surface area contributed by atoms with Crippen LogP contribution >= 0.6 is 0 Å². The highest BCUT2D eigenvalue weighted by molar-refractivity contribution is 5.23. The summed E-state index contributed by atoms with van der Waals surface area (Å²) in [6.07, 6.45) is 1.80.